The number of anilines is 1. The van der Waals surface area contributed by atoms with Gasteiger partial charge in [0.15, 0.2) is 0 Å². The number of carbonyl (C=O) groups excluding carboxylic acids is 2. The summed E-state index contributed by atoms with van der Waals surface area (Å²) < 4.78 is 0. The van der Waals surface area contributed by atoms with Gasteiger partial charge < -0.3 is 10.2 Å². The molecule has 1 N–H and O–H groups in total. The Hall–Kier alpha value is -1.26. The Balaban J connectivity index is 1.98. The molecule has 1 aromatic rings. The third-order valence-corrected chi connectivity index (χ3v) is 5.01. The van der Waals surface area contributed by atoms with Crippen LogP contribution in [0.15, 0.2) is 18.2 Å². The summed E-state index contributed by atoms with van der Waals surface area (Å²) in [6, 6.07) is 5.12. The maximum Gasteiger partial charge on any atom is 0.252 e. The Morgan fingerprint density at radius 3 is 2.48 bits per heavy atom. The molecule has 2 fully saturated rings. The molecule has 2 aliphatic rings. The quantitative estimate of drug-likeness (QED) is 0.861. The van der Waals surface area contributed by atoms with Crippen LogP contribution in [0.5, 0.6) is 0 Å². The van der Waals surface area contributed by atoms with E-state index in [1.165, 1.54) is 0 Å². The Labute approximate surface area is 133 Å². The van der Waals surface area contributed by atoms with Crippen molar-refractivity contribution in [1.29, 1.82) is 0 Å². The van der Waals surface area contributed by atoms with Crippen molar-refractivity contribution in [3.8, 4) is 0 Å². The topological polar surface area (TPSA) is 49.4 Å². The molecule has 1 spiro atoms. The zero-order valence-corrected chi connectivity index (χ0v) is 13.0. The average molecular weight is 327 g/mol. The number of nitrogens with zero attached hydrogens (tertiary/aromatic N) is 1. The van der Waals surface area contributed by atoms with Crippen molar-refractivity contribution in [2.75, 3.05) is 11.4 Å². The van der Waals surface area contributed by atoms with Crippen LogP contribution in [0.25, 0.3) is 0 Å². The van der Waals surface area contributed by atoms with E-state index in [0.29, 0.717) is 41.5 Å². The van der Waals surface area contributed by atoms with Gasteiger partial charge in [0.05, 0.1) is 10.0 Å². The minimum atomic E-state index is -0.736. The number of rotatable bonds is 1. The molecule has 0 atom stereocenters. The molecule has 6 heteroatoms. The first-order chi connectivity index (χ1) is 10.0. The zero-order valence-electron chi connectivity index (χ0n) is 11.5. The van der Waals surface area contributed by atoms with Crippen molar-refractivity contribution in [1.82, 2.24) is 5.32 Å². The number of benzene rings is 1. The second-order valence-electron chi connectivity index (χ2n) is 5.64. The second kappa shape index (κ2) is 5.50. The van der Waals surface area contributed by atoms with Gasteiger partial charge >= 0.3 is 0 Å². The maximum absolute atomic E-state index is 12.9. The minimum absolute atomic E-state index is 0.0377. The summed E-state index contributed by atoms with van der Waals surface area (Å²) in [6.45, 7) is 0.365. The highest BCUT2D eigenvalue weighted by Gasteiger charge is 2.46. The first kappa shape index (κ1) is 14.7. The number of carbonyl (C=O) groups is 2. The zero-order chi connectivity index (χ0) is 15.0. The molecule has 1 aromatic carbocycles. The van der Waals surface area contributed by atoms with Gasteiger partial charge in [-0.3, -0.25) is 9.59 Å². The summed E-state index contributed by atoms with van der Waals surface area (Å²) in [5.41, 5.74) is -0.0446. The van der Waals surface area contributed by atoms with Gasteiger partial charge in [0, 0.05) is 18.7 Å². The molecular weight excluding hydrogens is 311 g/mol. The van der Waals surface area contributed by atoms with Crippen LogP contribution in [0.3, 0.4) is 0 Å². The molecule has 112 valence electrons. The highest BCUT2D eigenvalue weighted by molar-refractivity contribution is 6.42. The lowest BCUT2D eigenvalue weighted by Gasteiger charge is -2.31. The minimum Gasteiger partial charge on any atom is -0.342 e. The van der Waals surface area contributed by atoms with E-state index in [-0.39, 0.29) is 11.8 Å². The molecule has 1 heterocycles. The lowest BCUT2D eigenvalue weighted by molar-refractivity contribution is -0.129. The van der Waals surface area contributed by atoms with E-state index in [4.69, 9.17) is 23.2 Å². The third kappa shape index (κ3) is 2.62. The van der Waals surface area contributed by atoms with Crippen LogP contribution in [-0.2, 0) is 9.59 Å². The van der Waals surface area contributed by atoms with Crippen LogP contribution in [0.1, 0.15) is 32.1 Å². The van der Waals surface area contributed by atoms with E-state index in [1.54, 1.807) is 23.1 Å². The average Bonchev–Trinajstić information content (AvgIpc) is 2.87. The molecule has 1 aliphatic heterocycles. The van der Waals surface area contributed by atoms with Crippen molar-refractivity contribution in [3.05, 3.63) is 28.2 Å². The summed E-state index contributed by atoms with van der Waals surface area (Å²) in [7, 11) is 0. The summed E-state index contributed by atoms with van der Waals surface area (Å²) in [6.07, 6.45) is 3.63. The van der Waals surface area contributed by atoms with Gasteiger partial charge in [-0.05, 0) is 31.0 Å². The summed E-state index contributed by atoms with van der Waals surface area (Å²) in [4.78, 5) is 26.6. The largest absolute Gasteiger partial charge is 0.342 e. The molecule has 0 radical (unpaired) electrons. The van der Waals surface area contributed by atoms with Crippen LogP contribution < -0.4 is 10.2 Å². The highest BCUT2D eigenvalue weighted by atomic mass is 35.5. The van der Waals surface area contributed by atoms with E-state index in [1.807, 2.05) is 0 Å². The third-order valence-electron chi connectivity index (χ3n) is 4.27. The molecule has 1 aliphatic carbocycles. The molecule has 1 saturated carbocycles. The summed E-state index contributed by atoms with van der Waals surface area (Å²) >= 11 is 12.0. The monoisotopic (exact) mass is 326 g/mol. The Morgan fingerprint density at radius 1 is 1.10 bits per heavy atom. The first-order valence-corrected chi connectivity index (χ1v) is 7.85. The van der Waals surface area contributed by atoms with Crippen LogP contribution in [0.2, 0.25) is 10.0 Å². The fourth-order valence-corrected chi connectivity index (χ4v) is 3.47. The first-order valence-electron chi connectivity index (χ1n) is 7.10. The van der Waals surface area contributed by atoms with Crippen molar-refractivity contribution in [2.45, 2.75) is 37.6 Å². The lowest BCUT2D eigenvalue weighted by atomic mass is 9.95. The SMILES string of the molecule is O=C1CCN(c2ccc(Cl)c(Cl)c2)C(=O)C2(CCCC2)N1. The van der Waals surface area contributed by atoms with Crippen LogP contribution >= 0.6 is 23.2 Å². The fourth-order valence-electron chi connectivity index (χ4n) is 3.17. The van der Waals surface area contributed by atoms with Gasteiger partial charge in [0.2, 0.25) is 5.91 Å². The maximum atomic E-state index is 12.9. The molecule has 0 unspecified atom stereocenters. The number of amides is 2. The second-order valence-corrected chi connectivity index (χ2v) is 6.46. The predicted molar refractivity (Wildman–Crippen MR) is 82.8 cm³/mol. The molecule has 1 saturated heterocycles. The van der Waals surface area contributed by atoms with E-state index < -0.39 is 5.54 Å². The van der Waals surface area contributed by atoms with Crippen molar-refractivity contribution in [2.24, 2.45) is 0 Å². The summed E-state index contributed by atoms with van der Waals surface area (Å²) in [5, 5.41) is 3.80. The van der Waals surface area contributed by atoms with Crippen LogP contribution in [-0.4, -0.2) is 23.9 Å². The smallest absolute Gasteiger partial charge is 0.252 e. The molecular formula is C15H16Cl2N2O2. The Morgan fingerprint density at radius 2 is 1.81 bits per heavy atom. The van der Waals surface area contributed by atoms with Crippen molar-refractivity contribution < 1.29 is 9.59 Å². The van der Waals surface area contributed by atoms with E-state index >= 15 is 0 Å². The number of hydrogen-bond donors (Lipinski definition) is 1. The molecule has 21 heavy (non-hydrogen) atoms. The molecule has 0 bridgehead atoms. The number of hydrogen-bond acceptors (Lipinski definition) is 2. The number of halogens is 2. The standard InChI is InChI=1S/C15H16Cl2N2O2/c16-11-4-3-10(9-12(11)17)19-8-5-13(20)18-15(14(19)21)6-1-2-7-15/h3-4,9H,1-2,5-8H2,(H,18,20). The van der Waals surface area contributed by atoms with E-state index in [0.717, 1.165) is 12.8 Å². The normalized spacial score (nSPS) is 21.5. The fraction of sp³-hybridized carbons (Fsp3) is 0.467. The van der Waals surface area contributed by atoms with Gasteiger partial charge in [-0.25, -0.2) is 0 Å². The summed E-state index contributed by atoms with van der Waals surface area (Å²) in [5.74, 6) is -0.1000. The van der Waals surface area contributed by atoms with Gasteiger partial charge in [-0.2, -0.15) is 0 Å². The van der Waals surface area contributed by atoms with E-state index in [2.05, 4.69) is 5.32 Å². The predicted octanol–water partition coefficient (Wildman–Crippen LogP) is 3.16. The highest BCUT2D eigenvalue weighted by Crippen LogP contribution is 2.35. The Bertz CT molecular complexity index is 597. The molecule has 0 aromatic heterocycles. The van der Waals surface area contributed by atoms with Gasteiger partial charge in [-0.1, -0.05) is 36.0 Å². The van der Waals surface area contributed by atoms with Gasteiger partial charge in [-0.15, -0.1) is 0 Å². The van der Waals surface area contributed by atoms with E-state index in [9.17, 15) is 9.59 Å². The lowest BCUT2D eigenvalue weighted by Crippen LogP contribution is -2.55. The Kier molecular flexibility index (Phi) is 3.84. The van der Waals surface area contributed by atoms with Crippen LogP contribution in [0, 0.1) is 0 Å². The molecule has 2 amide bonds. The van der Waals surface area contributed by atoms with Gasteiger partial charge in [0.1, 0.15) is 5.54 Å². The number of nitrogens with one attached hydrogen (secondary N) is 1. The van der Waals surface area contributed by atoms with Gasteiger partial charge in [0.25, 0.3) is 5.91 Å². The molecule has 4 nitrogen and oxygen atoms in total. The van der Waals surface area contributed by atoms with Crippen molar-refractivity contribution in [3.63, 3.8) is 0 Å². The van der Waals surface area contributed by atoms with Crippen molar-refractivity contribution >= 4 is 40.7 Å². The molecule has 3 rings (SSSR count). The van der Waals surface area contributed by atoms with Crippen LogP contribution in [0.4, 0.5) is 5.69 Å².